The van der Waals surface area contributed by atoms with E-state index in [-0.39, 0.29) is 23.7 Å². The van der Waals surface area contributed by atoms with Gasteiger partial charge in [0.05, 0.1) is 0 Å². The third-order valence-corrected chi connectivity index (χ3v) is 6.61. The van der Waals surface area contributed by atoms with Crippen molar-refractivity contribution in [3.63, 3.8) is 0 Å². The van der Waals surface area contributed by atoms with E-state index >= 15 is 0 Å². The molecule has 0 aliphatic carbocycles. The maximum atomic E-state index is 13.2. The molecule has 1 atom stereocenters. The lowest BCUT2D eigenvalue weighted by molar-refractivity contribution is -0.138. The van der Waals surface area contributed by atoms with Crippen LogP contribution in [0.2, 0.25) is 0 Å². The Bertz CT molecular complexity index is 1070. The molecular formula is C23H26N6O2. The van der Waals surface area contributed by atoms with E-state index in [4.69, 9.17) is 0 Å². The van der Waals surface area contributed by atoms with E-state index in [1.54, 1.807) is 0 Å². The number of fused-ring (bicyclic) bond motifs is 1. The van der Waals surface area contributed by atoms with Gasteiger partial charge >= 0.3 is 0 Å². The van der Waals surface area contributed by atoms with Gasteiger partial charge in [0.25, 0.3) is 5.91 Å². The van der Waals surface area contributed by atoms with Gasteiger partial charge in [0, 0.05) is 43.6 Å². The Labute approximate surface area is 180 Å². The smallest absolute Gasteiger partial charge is 0.254 e. The van der Waals surface area contributed by atoms with Gasteiger partial charge in [0.1, 0.15) is 0 Å². The number of tetrazole rings is 1. The summed E-state index contributed by atoms with van der Waals surface area (Å²) in [6.07, 6.45) is 3.34. The molecule has 2 aliphatic heterocycles. The molecule has 2 aliphatic rings. The molecule has 2 saturated heterocycles. The highest BCUT2D eigenvalue weighted by atomic mass is 16.2. The van der Waals surface area contributed by atoms with Gasteiger partial charge < -0.3 is 9.80 Å². The molecule has 2 fully saturated rings. The van der Waals surface area contributed by atoms with Crippen molar-refractivity contribution in [1.82, 2.24) is 30.4 Å². The zero-order valence-corrected chi connectivity index (χ0v) is 17.4. The largest absolute Gasteiger partial charge is 0.342 e. The van der Waals surface area contributed by atoms with Gasteiger partial charge in [-0.05, 0) is 42.5 Å². The molecule has 5 rings (SSSR count). The Morgan fingerprint density at radius 2 is 1.74 bits per heavy atom. The molecular weight excluding hydrogens is 392 g/mol. The molecule has 3 aromatic rings. The number of hydrogen-bond acceptors (Lipinski definition) is 5. The Morgan fingerprint density at radius 1 is 0.935 bits per heavy atom. The maximum absolute atomic E-state index is 13.2. The van der Waals surface area contributed by atoms with Gasteiger partial charge in [0.2, 0.25) is 5.91 Å². The lowest BCUT2D eigenvalue weighted by Crippen LogP contribution is -2.47. The SMILES string of the molecule is O=C(c1cccc2ccccc12)N1CCC(C(=O)N2CCCC(c3nn[nH]n3)C2)CC1. The summed E-state index contributed by atoms with van der Waals surface area (Å²) in [5.74, 6) is 1.06. The highest BCUT2D eigenvalue weighted by Gasteiger charge is 2.34. The van der Waals surface area contributed by atoms with Crippen molar-refractivity contribution in [2.75, 3.05) is 26.2 Å². The molecule has 0 radical (unpaired) electrons. The van der Waals surface area contributed by atoms with E-state index in [0.29, 0.717) is 38.3 Å². The van der Waals surface area contributed by atoms with Crippen LogP contribution in [0, 0.1) is 5.92 Å². The number of carbonyl (C=O) groups excluding carboxylic acids is 2. The number of hydrogen-bond donors (Lipinski definition) is 1. The topological polar surface area (TPSA) is 95.1 Å². The van der Waals surface area contributed by atoms with E-state index < -0.39 is 0 Å². The molecule has 160 valence electrons. The molecule has 1 N–H and O–H groups in total. The Hall–Kier alpha value is -3.29. The third kappa shape index (κ3) is 3.89. The minimum absolute atomic E-state index is 0.0272. The second kappa shape index (κ2) is 8.45. The van der Waals surface area contributed by atoms with Crippen molar-refractivity contribution in [2.45, 2.75) is 31.6 Å². The van der Waals surface area contributed by atoms with E-state index in [1.807, 2.05) is 52.3 Å². The predicted molar refractivity (Wildman–Crippen MR) is 115 cm³/mol. The fraction of sp³-hybridized carbons (Fsp3) is 0.435. The molecule has 31 heavy (non-hydrogen) atoms. The van der Waals surface area contributed by atoms with Crippen LogP contribution in [0.3, 0.4) is 0 Å². The number of benzene rings is 2. The van der Waals surface area contributed by atoms with E-state index in [2.05, 4.69) is 20.6 Å². The molecule has 3 heterocycles. The minimum Gasteiger partial charge on any atom is -0.342 e. The van der Waals surface area contributed by atoms with Crippen LogP contribution in [-0.4, -0.2) is 68.4 Å². The number of amides is 2. The first-order chi connectivity index (χ1) is 15.2. The van der Waals surface area contributed by atoms with Crippen molar-refractivity contribution in [3.05, 3.63) is 53.9 Å². The first kappa shape index (κ1) is 19.7. The summed E-state index contributed by atoms with van der Waals surface area (Å²) < 4.78 is 0. The Balaban J connectivity index is 1.22. The molecule has 8 heteroatoms. The van der Waals surface area contributed by atoms with Crippen molar-refractivity contribution in [3.8, 4) is 0 Å². The molecule has 2 aromatic carbocycles. The average molecular weight is 419 g/mol. The minimum atomic E-state index is -0.0272. The van der Waals surface area contributed by atoms with Crippen LogP contribution < -0.4 is 0 Å². The number of nitrogens with one attached hydrogen (secondary N) is 1. The van der Waals surface area contributed by atoms with Gasteiger partial charge in [-0.15, -0.1) is 10.2 Å². The van der Waals surface area contributed by atoms with Crippen LogP contribution in [0.15, 0.2) is 42.5 Å². The van der Waals surface area contributed by atoms with Crippen LogP contribution in [0.1, 0.15) is 47.8 Å². The van der Waals surface area contributed by atoms with E-state index in [9.17, 15) is 9.59 Å². The number of aromatic nitrogens is 4. The average Bonchev–Trinajstić information content (AvgIpc) is 3.38. The number of carbonyl (C=O) groups is 2. The van der Waals surface area contributed by atoms with Crippen molar-refractivity contribution < 1.29 is 9.59 Å². The van der Waals surface area contributed by atoms with Gasteiger partial charge in [-0.3, -0.25) is 9.59 Å². The molecule has 1 unspecified atom stereocenters. The monoisotopic (exact) mass is 418 g/mol. The molecule has 8 nitrogen and oxygen atoms in total. The quantitative estimate of drug-likeness (QED) is 0.705. The fourth-order valence-electron chi connectivity index (χ4n) is 4.90. The van der Waals surface area contributed by atoms with Crippen molar-refractivity contribution in [1.29, 1.82) is 0 Å². The van der Waals surface area contributed by atoms with Crippen LogP contribution in [-0.2, 0) is 4.79 Å². The summed E-state index contributed by atoms with van der Waals surface area (Å²) in [4.78, 5) is 30.2. The van der Waals surface area contributed by atoms with Crippen molar-refractivity contribution >= 4 is 22.6 Å². The highest BCUT2D eigenvalue weighted by molar-refractivity contribution is 6.07. The van der Waals surface area contributed by atoms with E-state index in [1.165, 1.54) is 0 Å². The third-order valence-electron chi connectivity index (χ3n) is 6.61. The molecule has 0 saturated carbocycles. The van der Waals surface area contributed by atoms with Crippen molar-refractivity contribution in [2.24, 2.45) is 5.92 Å². The summed E-state index contributed by atoms with van der Waals surface area (Å²) in [6, 6.07) is 13.8. The van der Waals surface area contributed by atoms with Crippen LogP contribution in [0.25, 0.3) is 10.8 Å². The van der Waals surface area contributed by atoms with Gasteiger partial charge in [-0.1, -0.05) is 41.6 Å². The standard InChI is InChI=1S/C23H26N6O2/c30-22(29-12-4-7-18(15-29)21-24-26-27-25-21)17-10-13-28(14-11-17)23(31)20-9-3-6-16-5-1-2-8-19(16)20/h1-3,5-6,8-9,17-18H,4,7,10-15H2,(H,24,25,26,27). The summed E-state index contributed by atoms with van der Waals surface area (Å²) in [7, 11) is 0. The normalized spacial score (nSPS) is 20.2. The fourth-order valence-corrected chi connectivity index (χ4v) is 4.90. The summed E-state index contributed by atoms with van der Waals surface area (Å²) in [6.45, 7) is 2.65. The number of piperidine rings is 2. The van der Waals surface area contributed by atoms with Crippen LogP contribution >= 0.6 is 0 Å². The highest BCUT2D eigenvalue weighted by Crippen LogP contribution is 2.28. The number of aromatic amines is 1. The lowest BCUT2D eigenvalue weighted by atomic mass is 9.91. The second-order valence-electron chi connectivity index (χ2n) is 8.49. The number of rotatable bonds is 3. The van der Waals surface area contributed by atoms with Gasteiger partial charge in [-0.2, -0.15) is 5.21 Å². The Kier molecular flexibility index (Phi) is 5.36. The van der Waals surface area contributed by atoms with E-state index in [0.717, 1.165) is 35.7 Å². The molecule has 0 spiro atoms. The second-order valence-corrected chi connectivity index (χ2v) is 8.49. The van der Waals surface area contributed by atoms with Crippen LogP contribution in [0.4, 0.5) is 0 Å². The van der Waals surface area contributed by atoms with Gasteiger partial charge in [0.15, 0.2) is 5.82 Å². The molecule has 2 amide bonds. The predicted octanol–water partition coefficient (Wildman–Crippen LogP) is 2.61. The summed E-state index contributed by atoms with van der Waals surface area (Å²) in [5.41, 5.74) is 0.738. The first-order valence-electron chi connectivity index (χ1n) is 11.0. The first-order valence-corrected chi connectivity index (χ1v) is 11.0. The summed E-state index contributed by atoms with van der Waals surface area (Å²) in [5, 5.41) is 16.4. The number of nitrogens with zero attached hydrogens (tertiary/aromatic N) is 5. The maximum Gasteiger partial charge on any atom is 0.254 e. The zero-order chi connectivity index (χ0) is 21.2. The summed E-state index contributed by atoms with van der Waals surface area (Å²) >= 11 is 0. The zero-order valence-electron chi connectivity index (χ0n) is 17.4. The number of likely N-dealkylation sites (tertiary alicyclic amines) is 2. The Morgan fingerprint density at radius 3 is 2.55 bits per heavy atom. The van der Waals surface area contributed by atoms with Crippen LogP contribution in [0.5, 0.6) is 0 Å². The molecule has 0 bridgehead atoms. The molecule has 1 aromatic heterocycles. The lowest BCUT2D eigenvalue weighted by Gasteiger charge is -2.37. The van der Waals surface area contributed by atoms with Gasteiger partial charge in [-0.25, -0.2) is 0 Å². The number of H-pyrrole nitrogens is 1.